The van der Waals surface area contributed by atoms with E-state index in [1.54, 1.807) is 0 Å². The van der Waals surface area contributed by atoms with Gasteiger partial charge in [0.15, 0.2) is 0 Å². The zero-order valence-electron chi connectivity index (χ0n) is 8.74. The highest BCUT2D eigenvalue weighted by atomic mass is 16.2. The van der Waals surface area contributed by atoms with E-state index in [1.165, 1.54) is 32.1 Å². The van der Waals surface area contributed by atoms with Crippen molar-refractivity contribution in [2.24, 2.45) is 11.7 Å². The van der Waals surface area contributed by atoms with E-state index < -0.39 is 0 Å². The van der Waals surface area contributed by atoms with Crippen LogP contribution in [0, 0.1) is 0 Å². The van der Waals surface area contributed by atoms with Gasteiger partial charge < -0.3 is 4.90 Å². The predicted molar refractivity (Wildman–Crippen MR) is 56.2 cm³/mol. The van der Waals surface area contributed by atoms with Gasteiger partial charge in [-0.3, -0.25) is 16.5 Å². The largest absolute Gasteiger partial charge is 0.340 e. The highest BCUT2D eigenvalue weighted by Gasteiger charge is 2.28. The Bertz CT molecular complexity index is 178. The molecule has 1 saturated carbocycles. The molecule has 1 aliphatic heterocycles. The molecule has 2 aliphatic rings. The zero-order valence-corrected chi connectivity index (χ0v) is 8.74. The molecule has 1 saturated heterocycles. The summed E-state index contributed by atoms with van der Waals surface area (Å²) in [5, 5.41) is 0. The van der Waals surface area contributed by atoms with Crippen LogP contribution in [0.15, 0.2) is 0 Å². The van der Waals surface area contributed by atoms with Crippen molar-refractivity contribution in [2.75, 3.05) is 6.54 Å². The number of hydrogen-bond donors (Lipinski definition) is 2. The maximum atomic E-state index is 11.4. The zero-order chi connectivity index (χ0) is 10.4. The lowest BCUT2D eigenvalue weighted by Crippen LogP contribution is -2.37. The highest BCUT2D eigenvalue weighted by molar-refractivity contribution is 5.78. The third kappa shape index (κ3) is 2.69. The van der Waals surface area contributed by atoms with Crippen LogP contribution < -0.4 is 11.7 Å². The number of nitrogens with zero attached hydrogens (tertiary/aromatic N) is 1. The minimum absolute atomic E-state index is 0.405. The Hall–Kier alpha value is -0.610. The van der Waals surface area contributed by atoms with Crippen LogP contribution in [0.5, 0.6) is 0 Å². The van der Waals surface area contributed by atoms with Gasteiger partial charge in [0.2, 0.25) is 5.91 Å². The average molecular weight is 199 g/mol. The quantitative estimate of drug-likeness (QED) is 0.484. The van der Waals surface area contributed by atoms with E-state index in [9.17, 15) is 4.79 Å². The Morgan fingerprint density at radius 3 is 2.21 bits per heavy atom. The molecule has 0 aromatic rings. The average Bonchev–Trinajstić information content (AvgIpc) is 2.69. The minimum Gasteiger partial charge on any atom is -0.340 e. The van der Waals surface area contributed by atoms with Gasteiger partial charge in [0.25, 0.3) is 0 Å². The Labute approximate surface area is 85.6 Å². The normalized spacial score (nSPS) is 23.3. The Morgan fingerprint density at radius 2 is 1.71 bits per heavy atom. The van der Waals surface area contributed by atoms with Crippen LogP contribution in [-0.2, 0) is 4.79 Å². The van der Waals surface area contributed by atoms with Crippen LogP contribution in [-0.4, -0.2) is 23.4 Å². The fourth-order valence-electron chi connectivity index (χ4n) is 2.45. The molecular formula is C10H21N3O. The standard InChI is InChI=1S/C10H17NO.H4N2/c12-10-7-4-8-11(10)9-5-2-1-3-6-9;1-2/h9H,1-8H2;1-2H2. The molecule has 1 aliphatic carbocycles. The predicted octanol–water partition coefficient (Wildman–Crippen LogP) is 0.760. The smallest absolute Gasteiger partial charge is 0.222 e. The number of hydrazine groups is 1. The van der Waals surface area contributed by atoms with Gasteiger partial charge in [-0.1, -0.05) is 19.3 Å². The van der Waals surface area contributed by atoms with Crippen molar-refractivity contribution >= 4 is 5.91 Å². The van der Waals surface area contributed by atoms with Gasteiger partial charge in [-0.2, -0.15) is 0 Å². The lowest BCUT2D eigenvalue weighted by atomic mass is 9.94. The number of hydrogen-bond acceptors (Lipinski definition) is 3. The van der Waals surface area contributed by atoms with Crippen LogP contribution in [0.2, 0.25) is 0 Å². The maximum Gasteiger partial charge on any atom is 0.222 e. The maximum absolute atomic E-state index is 11.4. The molecule has 1 amide bonds. The van der Waals surface area contributed by atoms with E-state index in [2.05, 4.69) is 16.6 Å². The van der Waals surface area contributed by atoms with E-state index in [0.717, 1.165) is 19.4 Å². The van der Waals surface area contributed by atoms with Crippen LogP contribution >= 0.6 is 0 Å². The summed E-state index contributed by atoms with van der Waals surface area (Å²) < 4.78 is 0. The summed E-state index contributed by atoms with van der Waals surface area (Å²) in [6, 6.07) is 0.605. The lowest BCUT2D eigenvalue weighted by Gasteiger charge is -2.30. The fraction of sp³-hybridized carbons (Fsp3) is 0.900. The molecule has 0 aromatic heterocycles. The summed E-state index contributed by atoms with van der Waals surface area (Å²) in [5.41, 5.74) is 0. The summed E-state index contributed by atoms with van der Waals surface area (Å²) in [6.45, 7) is 1.03. The molecule has 2 fully saturated rings. The van der Waals surface area contributed by atoms with Gasteiger partial charge in [-0.15, -0.1) is 0 Å². The van der Waals surface area contributed by atoms with Crippen LogP contribution in [0.25, 0.3) is 0 Å². The molecule has 0 radical (unpaired) electrons. The van der Waals surface area contributed by atoms with Crippen molar-refractivity contribution in [3.8, 4) is 0 Å². The molecule has 1 heterocycles. The molecule has 14 heavy (non-hydrogen) atoms. The number of carbonyl (C=O) groups excluding carboxylic acids is 1. The molecule has 2 rings (SSSR count). The van der Waals surface area contributed by atoms with Crippen molar-refractivity contribution in [2.45, 2.75) is 51.0 Å². The number of amides is 1. The highest BCUT2D eigenvalue weighted by Crippen LogP contribution is 2.25. The van der Waals surface area contributed by atoms with E-state index in [4.69, 9.17) is 0 Å². The van der Waals surface area contributed by atoms with E-state index >= 15 is 0 Å². The van der Waals surface area contributed by atoms with E-state index in [-0.39, 0.29) is 0 Å². The minimum atomic E-state index is 0.405. The van der Waals surface area contributed by atoms with Gasteiger partial charge in [0, 0.05) is 19.0 Å². The second-order valence-corrected chi connectivity index (χ2v) is 3.98. The van der Waals surface area contributed by atoms with Gasteiger partial charge in [-0.05, 0) is 19.3 Å². The monoisotopic (exact) mass is 199 g/mol. The first-order valence-corrected chi connectivity index (χ1v) is 5.51. The molecular weight excluding hydrogens is 178 g/mol. The van der Waals surface area contributed by atoms with Gasteiger partial charge in [0.05, 0.1) is 0 Å². The Kier molecular flexibility index (Phi) is 4.90. The Morgan fingerprint density at radius 1 is 1.07 bits per heavy atom. The molecule has 4 heteroatoms. The molecule has 0 unspecified atom stereocenters. The van der Waals surface area contributed by atoms with Crippen LogP contribution in [0.3, 0.4) is 0 Å². The molecule has 0 atom stereocenters. The van der Waals surface area contributed by atoms with Gasteiger partial charge in [0.1, 0.15) is 0 Å². The summed E-state index contributed by atoms with van der Waals surface area (Å²) in [7, 11) is 0. The fourth-order valence-corrected chi connectivity index (χ4v) is 2.45. The van der Waals surface area contributed by atoms with Crippen molar-refractivity contribution in [1.29, 1.82) is 0 Å². The summed E-state index contributed by atoms with van der Waals surface area (Å²) in [6.07, 6.45) is 8.44. The topological polar surface area (TPSA) is 72.3 Å². The molecule has 4 N–H and O–H groups in total. The molecule has 0 spiro atoms. The number of likely N-dealkylation sites (tertiary alicyclic amines) is 1. The third-order valence-corrected chi connectivity index (χ3v) is 3.13. The van der Waals surface area contributed by atoms with Crippen LogP contribution in [0.1, 0.15) is 44.9 Å². The van der Waals surface area contributed by atoms with Crippen molar-refractivity contribution in [1.82, 2.24) is 4.90 Å². The second kappa shape index (κ2) is 5.98. The summed E-state index contributed by atoms with van der Waals surface area (Å²) >= 11 is 0. The number of rotatable bonds is 1. The van der Waals surface area contributed by atoms with E-state index in [0.29, 0.717) is 11.9 Å². The molecule has 0 aromatic carbocycles. The summed E-state index contributed by atoms with van der Waals surface area (Å²) in [5.74, 6) is 8.40. The second-order valence-electron chi connectivity index (χ2n) is 3.98. The van der Waals surface area contributed by atoms with Crippen LogP contribution in [0.4, 0.5) is 0 Å². The van der Waals surface area contributed by atoms with E-state index in [1.807, 2.05) is 0 Å². The third-order valence-electron chi connectivity index (χ3n) is 3.13. The number of carbonyl (C=O) groups is 1. The number of nitrogens with two attached hydrogens (primary N) is 2. The first-order chi connectivity index (χ1) is 6.88. The van der Waals surface area contributed by atoms with Crippen molar-refractivity contribution in [3.05, 3.63) is 0 Å². The first kappa shape index (κ1) is 11.5. The lowest BCUT2D eigenvalue weighted by molar-refractivity contribution is -0.130. The molecule has 82 valence electrons. The van der Waals surface area contributed by atoms with Crippen molar-refractivity contribution in [3.63, 3.8) is 0 Å². The molecule has 4 nitrogen and oxygen atoms in total. The van der Waals surface area contributed by atoms with Gasteiger partial charge in [-0.25, -0.2) is 0 Å². The van der Waals surface area contributed by atoms with Crippen molar-refractivity contribution < 1.29 is 4.79 Å². The molecule has 0 bridgehead atoms. The first-order valence-electron chi connectivity index (χ1n) is 5.51. The summed E-state index contributed by atoms with van der Waals surface area (Å²) in [4.78, 5) is 13.5. The Balaban J connectivity index is 0.000000461. The van der Waals surface area contributed by atoms with Gasteiger partial charge >= 0.3 is 0 Å². The SMILES string of the molecule is NN.O=C1CCCN1C1CCCCC1.